The van der Waals surface area contributed by atoms with Gasteiger partial charge in [-0.05, 0) is 48.0 Å². The first-order valence-electron chi connectivity index (χ1n) is 9.21. The maximum atomic E-state index is 12.7. The van der Waals surface area contributed by atoms with E-state index in [9.17, 15) is 22.8 Å². The first-order chi connectivity index (χ1) is 14.3. The van der Waals surface area contributed by atoms with Crippen molar-refractivity contribution in [3.05, 3.63) is 74.7 Å². The zero-order valence-corrected chi connectivity index (χ0v) is 17.8. The number of benzene rings is 2. The van der Waals surface area contributed by atoms with E-state index in [0.29, 0.717) is 20.6 Å². The van der Waals surface area contributed by atoms with Gasteiger partial charge in [0.2, 0.25) is 11.7 Å². The van der Waals surface area contributed by atoms with E-state index in [2.05, 4.69) is 5.10 Å². The van der Waals surface area contributed by atoms with E-state index in [1.54, 1.807) is 18.2 Å². The van der Waals surface area contributed by atoms with Crippen LogP contribution in [0.2, 0.25) is 5.02 Å². The van der Waals surface area contributed by atoms with Gasteiger partial charge in [-0.3, -0.25) is 4.79 Å². The minimum Gasteiger partial charge on any atom is -0.388 e. The second-order valence-electron chi connectivity index (χ2n) is 8.08. The molecule has 0 amide bonds. The van der Waals surface area contributed by atoms with Crippen LogP contribution in [0.25, 0.3) is 11.5 Å². The van der Waals surface area contributed by atoms with E-state index >= 15 is 0 Å². The lowest BCUT2D eigenvalue weighted by Gasteiger charge is -2.23. The summed E-state index contributed by atoms with van der Waals surface area (Å²) in [6.45, 7) is 0.154. The van der Waals surface area contributed by atoms with E-state index in [1.807, 2.05) is 21.1 Å². The minimum atomic E-state index is -4.47. The number of hydrogen-bond donors (Lipinski definition) is 0. The van der Waals surface area contributed by atoms with Crippen LogP contribution < -0.4 is 5.76 Å². The number of ketones is 1. The molecule has 0 aliphatic carbocycles. The summed E-state index contributed by atoms with van der Waals surface area (Å²) in [6.07, 6.45) is -4.47. The molecule has 6 nitrogen and oxygen atoms in total. The highest BCUT2D eigenvalue weighted by molar-refractivity contribution is 6.30. The molecule has 10 heteroatoms. The summed E-state index contributed by atoms with van der Waals surface area (Å²) in [4.78, 5) is 25.0. The summed E-state index contributed by atoms with van der Waals surface area (Å²) in [5.74, 6) is -1.06. The number of rotatable bonds is 6. The highest BCUT2D eigenvalue weighted by atomic mass is 35.5. The summed E-state index contributed by atoms with van der Waals surface area (Å²) in [5, 5.41) is 4.46. The molecule has 0 radical (unpaired) electrons. The second-order valence-corrected chi connectivity index (χ2v) is 8.52. The van der Waals surface area contributed by atoms with Crippen molar-refractivity contribution in [1.29, 1.82) is 0 Å². The predicted molar refractivity (Wildman–Crippen MR) is 109 cm³/mol. The summed E-state index contributed by atoms with van der Waals surface area (Å²) < 4.78 is 44.7. The van der Waals surface area contributed by atoms with Crippen LogP contribution in [0.1, 0.15) is 21.5 Å². The maximum absolute atomic E-state index is 12.7. The molecule has 3 aromatic rings. The lowest BCUT2D eigenvalue weighted by atomic mass is 10.0. The molecule has 0 N–H and O–H groups in total. The lowest BCUT2D eigenvalue weighted by Crippen LogP contribution is -2.39. The van der Waals surface area contributed by atoms with Crippen LogP contribution in [-0.4, -0.2) is 47.7 Å². The fourth-order valence-electron chi connectivity index (χ4n) is 2.97. The SMILES string of the molecule is C[N+](C)(C)CC(=O)c1ccc(Cl)cc1Cn1nc(-c2ccc(C(F)(F)F)cc2)oc1=O. The van der Waals surface area contributed by atoms with Gasteiger partial charge in [0.1, 0.15) is 6.54 Å². The van der Waals surface area contributed by atoms with E-state index in [4.69, 9.17) is 16.0 Å². The standard InChI is InChI=1S/C21H20ClF3N3O3/c1-28(2,3)12-18(29)17-9-8-16(22)10-14(17)11-27-20(30)31-19(26-27)13-4-6-15(7-5-13)21(23,24)25/h4-10H,11-12H2,1-3H3/q+1. The number of hydrogen-bond acceptors (Lipinski definition) is 4. The predicted octanol–water partition coefficient (Wildman–Crippen LogP) is 4.11. The second kappa shape index (κ2) is 8.32. The number of alkyl halides is 3. The van der Waals surface area contributed by atoms with Crippen molar-refractivity contribution < 1.29 is 26.9 Å². The Labute approximate surface area is 181 Å². The molecular formula is C21H20ClF3N3O3+. The van der Waals surface area contributed by atoms with Gasteiger partial charge in [0.15, 0.2) is 0 Å². The molecule has 164 valence electrons. The van der Waals surface area contributed by atoms with Gasteiger partial charge in [0.05, 0.1) is 33.3 Å². The van der Waals surface area contributed by atoms with Gasteiger partial charge in [-0.15, -0.1) is 5.10 Å². The van der Waals surface area contributed by atoms with Crippen molar-refractivity contribution >= 4 is 17.4 Å². The molecule has 0 fully saturated rings. The number of quaternary nitrogens is 1. The van der Waals surface area contributed by atoms with E-state index in [1.165, 1.54) is 12.1 Å². The Balaban J connectivity index is 1.91. The molecule has 0 unspecified atom stereocenters. The number of Topliss-reactive ketones (excluding diaryl/α,β-unsaturated/α-hetero) is 1. The highest BCUT2D eigenvalue weighted by Gasteiger charge is 2.30. The Morgan fingerprint density at radius 2 is 1.77 bits per heavy atom. The molecule has 0 aliphatic heterocycles. The number of aromatic nitrogens is 2. The molecule has 1 heterocycles. The van der Waals surface area contributed by atoms with Gasteiger partial charge in [-0.2, -0.15) is 17.9 Å². The molecule has 1 aromatic heterocycles. The Bertz CT molecular complexity index is 1160. The minimum absolute atomic E-state index is 0.0816. The third kappa shape index (κ3) is 5.62. The number of carbonyl (C=O) groups excluding carboxylic acids is 1. The van der Waals surface area contributed by atoms with Gasteiger partial charge in [0.25, 0.3) is 0 Å². The number of nitrogens with zero attached hydrogens (tertiary/aromatic N) is 3. The van der Waals surface area contributed by atoms with Crippen molar-refractivity contribution in [1.82, 2.24) is 9.78 Å². The normalized spacial score (nSPS) is 12.2. The van der Waals surface area contributed by atoms with Crippen molar-refractivity contribution in [2.24, 2.45) is 0 Å². The van der Waals surface area contributed by atoms with E-state index in [0.717, 1.165) is 16.8 Å². The number of carbonyl (C=O) groups is 1. The molecular weight excluding hydrogens is 435 g/mol. The third-order valence-electron chi connectivity index (χ3n) is 4.37. The van der Waals surface area contributed by atoms with Crippen LogP contribution in [0.4, 0.5) is 13.2 Å². The zero-order chi connectivity index (χ0) is 23.0. The fraction of sp³-hybridized carbons (Fsp3) is 0.286. The van der Waals surface area contributed by atoms with Gasteiger partial charge in [-0.1, -0.05) is 11.6 Å². The molecule has 0 aliphatic rings. The number of likely N-dealkylation sites (N-methyl/N-ethyl adjacent to an activating group) is 1. The third-order valence-corrected chi connectivity index (χ3v) is 4.61. The molecule has 31 heavy (non-hydrogen) atoms. The molecule has 3 rings (SSSR count). The first-order valence-corrected chi connectivity index (χ1v) is 9.59. The van der Waals surface area contributed by atoms with Gasteiger partial charge < -0.3 is 8.90 Å². The first kappa shape index (κ1) is 22.8. The fourth-order valence-corrected chi connectivity index (χ4v) is 3.16. The van der Waals surface area contributed by atoms with Crippen molar-refractivity contribution in [2.45, 2.75) is 12.7 Å². The lowest BCUT2D eigenvalue weighted by molar-refractivity contribution is -0.861. The van der Waals surface area contributed by atoms with Gasteiger partial charge in [0, 0.05) is 16.1 Å². The quantitative estimate of drug-likeness (QED) is 0.415. The van der Waals surface area contributed by atoms with Crippen LogP contribution in [0.15, 0.2) is 51.7 Å². The topological polar surface area (TPSA) is 65.1 Å². The van der Waals surface area contributed by atoms with E-state index in [-0.39, 0.29) is 30.3 Å². The Morgan fingerprint density at radius 3 is 2.35 bits per heavy atom. The van der Waals surface area contributed by atoms with Crippen molar-refractivity contribution in [2.75, 3.05) is 27.7 Å². The largest absolute Gasteiger partial charge is 0.437 e. The van der Waals surface area contributed by atoms with Crippen molar-refractivity contribution in [3.8, 4) is 11.5 Å². The Hall–Kier alpha value is -2.91. The summed E-state index contributed by atoms with van der Waals surface area (Å²) in [6, 6.07) is 8.87. The van der Waals surface area contributed by atoms with Crippen LogP contribution in [0, 0.1) is 0 Å². The smallest absolute Gasteiger partial charge is 0.388 e. The van der Waals surface area contributed by atoms with Crippen LogP contribution in [0.3, 0.4) is 0 Å². The molecule has 0 spiro atoms. The average Bonchev–Trinajstić information content (AvgIpc) is 3.00. The Kier molecular flexibility index (Phi) is 6.11. The molecule has 0 saturated carbocycles. The highest BCUT2D eigenvalue weighted by Crippen LogP contribution is 2.30. The number of halogens is 4. The maximum Gasteiger partial charge on any atom is 0.437 e. The molecule has 0 atom stereocenters. The summed E-state index contributed by atoms with van der Waals surface area (Å²) >= 11 is 6.08. The van der Waals surface area contributed by atoms with Crippen LogP contribution in [-0.2, 0) is 12.7 Å². The molecule has 0 bridgehead atoms. The van der Waals surface area contributed by atoms with Crippen molar-refractivity contribution in [3.63, 3.8) is 0 Å². The zero-order valence-electron chi connectivity index (χ0n) is 17.0. The molecule has 0 saturated heterocycles. The van der Waals surface area contributed by atoms with Crippen LogP contribution in [0.5, 0.6) is 0 Å². The Morgan fingerprint density at radius 1 is 1.13 bits per heavy atom. The van der Waals surface area contributed by atoms with Gasteiger partial charge in [-0.25, -0.2) is 4.79 Å². The molecule has 2 aromatic carbocycles. The summed E-state index contributed by atoms with van der Waals surface area (Å²) in [7, 11) is 5.64. The summed E-state index contributed by atoms with van der Waals surface area (Å²) in [5.41, 5.74) is 0.289. The van der Waals surface area contributed by atoms with E-state index < -0.39 is 17.5 Å². The van der Waals surface area contributed by atoms with Gasteiger partial charge >= 0.3 is 11.9 Å². The average molecular weight is 455 g/mol. The monoisotopic (exact) mass is 454 g/mol. The van der Waals surface area contributed by atoms with Crippen LogP contribution >= 0.6 is 11.6 Å².